The molecule has 2 nitrogen and oxygen atoms in total. The van der Waals surface area contributed by atoms with Gasteiger partial charge in [-0.3, -0.25) is 0 Å². The first-order chi connectivity index (χ1) is 7.25. The molecule has 82 valence electrons. The third-order valence-corrected chi connectivity index (χ3v) is 3.28. The molecule has 1 saturated heterocycles. The molecule has 0 bridgehead atoms. The van der Waals surface area contributed by atoms with Gasteiger partial charge < -0.3 is 10.1 Å². The van der Waals surface area contributed by atoms with Crippen LogP contribution in [0.25, 0.3) is 0 Å². The van der Waals surface area contributed by atoms with Crippen LogP contribution in [0.3, 0.4) is 0 Å². The monoisotopic (exact) mass is 289 g/mol. The van der Waals surface area contributed by atoms with Crippen molar-refractivity contribution < 1.29 is 4.74 Å². The van der Waals surface area contributed by atoms with E-state index in [9.17, 15) is 0 Å². The van der Waals surface area contributed by atoms with Crippen LogP contribution in [0.15, 0.2) is 22.7 Å². The summed E-state index contributed by atoms with van der Waals surface area (Å²) >= 11 is 9.40. The van der Waals surface area contributed by atoms with Crippen LogP contribution >= 0.6 is 27.5 Å². The van der Waals surface area contributed by atoms with E-state index in [1.807, 2.05) is 18.2 Å². The molecule has 1 heterocycles. The van der Waals surface area contributed by atoms with E-state index in [1.165, 1.54) is 12.8 Å². The van der Waals surface area contributed by atoms with Crippen molar-refractivity contribution >= 4 is 27.5 Å². The van der Waals surface area contributed by atoms with Crippen molar-refractivity contribution in [3.05, 3.63) is 27.7 Å². The van der Waals surface area contributed by atoms with Crippen molar-refractivity contribution in [2.75, 3.05) is 13.2 Å². The van der Waals surface area contributed by atoms with Gasteiger partial charge in [-0.15, -0.1) is 0 Å². The van der Waals surface area contributed by atoms with Crippen LogP contribution in [-0.4, -0.2) is 19.2 Å². The molecule has 1 aromatic carbocycles. The molecule has 0 saturated carbocycles. The van der Waals surface area contributed by atoms with Crippen molar-refractivity contribution in [3.8, 4) is 5.75 Å². The first-order valence-electron chi connectivity index (χ1n) is 5.07. The predicted molar refractivity (Wildman–Crippen MR) is 65.7 cm³/mol. The maximum Gasteiger partial charge on any atom is 0.138 e. The van der Waals surface area contributed by atoms with Crippen molar-refractivity contribution in [1.29, 1.82) is 0 Å². The molecule has 0 radical (unpaired) electrons. The summed E-state index contributed by atoms with van der Waals surface area (Å²) in [6.45, 7) is 1.80. The summed E-state index contributed by atoms with van der Waals surface area (Å²) in [4.78, 5) is 0. The number of hydrogen-bond acceptors (Lipinski definition) is 2. The molecule has 1 aliphatic heterocycles. The number of rotatable bonds is 3. The van der Waals surface area contributed by atoms with Crippen LogP contribution in [-0.2, 0) is 0 Å². The smallest absolute Gasteiger partial charge is 0.138 e. The Labute approximate surface area is 103 Å². The lowest BCUT2D eigenvalue weighted by molar-refractivity contribution is 0.277. The van der Waals surface area contributed by atoms with Gasteiger partial charge in [-0.2, -0.15) is 0 Å². The highest BCUT2D eigenvalue weighted by Gasteiger charge is 2.14. The normalized spacial score (nSPS) is 20.5. The molecule has 0 aromatic heterocycles. The fourth-order valence-electron chi connectivity index (χ4n) is 1.68. The van der Waals surface area contributed by atoms with Gasteiger partial charge in [-0.25, -0.2) is 0 Å². The Kier molecular flexibility index (Phi) is 3.89. The zero-order chi connectivity index (χ0) is 10.7. The minimum absolute atomic E-state index is 0.477. The Morgan fingerprint density at radius 3 is 3.07 bits per heavy atom. The quantitative estimate of drug-likeness (QED) is 0.923. The minimum atomic E-state index is 0.477. The van der Waals surface area contributed by atoms with Crippen LogP contribution in [0.2, 0.25) is 5.02 Å². The van der Waals surface area contributed by atoms with E-state index < -0.39 is 0 Å². The van der Waals surface area contributed by atoms with E-state index in [0.717, 1.165) is 16.8 Å². The molecule has 4 heteroatoms. The van der Waals surface area contributed by atoms with Crippen molar-refractivity contribution in [3.63, 3.8) is 0 Å². The minimum Gasteiger partial charge on any atom is -0.490 e. The number of nitrogens with one attached hydrogen (secondary N) is 1. The molecule has 15 heavy (non-hydrogen) atoms. The van der Waals surface area contributed by atoms with E-state index in [2.05, 4.69) is 21.2 Å². The Morgan fingerprint density at radius 1 is 1.53 bits per heavy atom. The molecule has 1 fully saturated rings. The van der Waals surface area contributed by atoms with E-state index in [-0.39, 0.29) is 0 Å². The summed E-state index contributed by atoms with van der Waals surface area (Å²) < 4.78 is 6.63. The topological polar surface area (TPSA) is 21.3 Å². The summed E-state index contributed by atoms with van der Waals surface area (Å²) in [6.07, 6.45) is 2.43. The number of benzene rings is 1. The molecule has 1 unspecified atom stereocenters. The van der Waals surface area contributed by atoms with E-state index in [0.29, 0.717) is 17.7 Å². The summed E-state index contributed by atoms with van der Waals surface area (Å²) in [6, 6.07) is 6.15. The van der Waals surface area contributed by atoms with E-state index in [4.69, 9.17) is 16.3 Å². The van der Waals surface area contributed by atoms with Crippen LogP contribution < -0.4 is 10.1 Å². The molecule has 1 N–H and O–H groups in total. The first kappa shape index (κ1) is 11.2. The molecular formula is C11H13BrClNO. The third-order valence-electron chi connectivity index (χ3n) is 2.50. The standard InChI is InChI=1S/C11H13BrClNO/c12-8-3-4-11(10(13)6-8)15-7-9-2-1-5-14-9/h3-4,6,9,14H,1-2,5,7H2. The van der Waals surface area contributed by atoms with Gasteiger partial charge >= 0.3 is 0 Å². The number of halogens is 2. The maximum absolute atomic E-state index is 6.04. The molecule has 0 spiro atoms. The van der Waals surface area contributed by atoms with Crippen molar-refractivity contribution in [2.45, 2.75) is 18.9 Å². The SMILES string of the molecule is Clc1cc(Br)ccc1OCC1CCCN1. The third kappa shape index (κ3) is 3.10. The lowest BCUT2D eigenvalue weighted by atomic mass is 10.2. The summed E-state index contributed by atoms with van der Waals surface area (Å²) in [5, 5.41) is 4.04. The van der Waals surface area contributed by atoms with Gasteiger partial charge in [-0.1, -0.05) is 27.5 Å². The molecule has 0 aliphatic carbocycles. The van der Waals surface area contributed by atoms with Gasteiger partial charge in [0.1, 0.15) is 12.4 Å². The summed E-state index contributed by atoms with van der Waals surface area (Å²) in [5.74, 6) is 0.758. The fourth-order valence-corrected chi connectivity index (χ4v) is 2.41. The second kappa shape index (κ2) is 5.19. The Bertz CT molecular complexity index is 339. The highest BCUT2D eigenvalue weighted by Crippen LogP contribution is 2.28. The Morgan fingerprint density at radius 2 is 2.40 bits per heavy atom. The van der Waals surface area contributed by atoms with Crippen LogP contribution in [0, 0.1) is 0 Å². The predicted octanol–water partition coefficient (Wildman–Crippen LogP) is 3.23. The van der Waals surface area contributed by atoms with E-state index in [1.54, 1.807) is 0 Å². The van der Waals surface area contributed by atoms with Gasteiger partial charge in [0.05, 0.1) is 5.02 Å². The summed E-state index contributed by atoms with van der Waals surface area (Å²) in [7, 11) is 0. The molecule has 2 rings (SSSR count). The molecule has 1 atom stereocenters. The van der Waals surface area contributed by atoms with Gasteiger partial charge in [0.2, 0.25) is 0 Å². The average molecular weight is 291 g/mol. The van der Waals surface area contributed by atoms with Gasteiger partial charge in [-0.05, 0) is 37.6 Å². The van der Waals surface area contributed by atoms with Gasteiger partial charge in [0.15, 0.2) is 0 Å². The van der Waals surface area contributed by atoms with E-state index >= 15 is 0 Å². The van der Waals surface area contributed by atoms with Crippen molar-refractivity contribution in [1.82, 2.24) is 5.32 Å². The highest BCUT2D eigenvalue weighted by atomic mass is 79.9. The Hall–Kier alpha value is -0.250. The number of ether oxygens (including phenoxy) is 1. The molecular weight excluding hydrogens is 277 g/mol. The zero-order valence-corrected chi connectivity index (χ0v) is 10.6. The van der Waals surface area contributed by atoms with Crippen LogP contribution in [0.4, 0.5) is 0 Å². The van der Waals surface area contributed by atoms with Gasteiger partial charge in [0.25, 0.3) is 0 Å². The highest BCUT2D eigenvalue weighted by molar-refractivity contribution is 9.10. The van der Waals surface area contributed by atoms with Gasteiger partial charge in [0, 0.05) is 10.5 Å². The maximum atomic E-state index is 6.04. The lowest BCUT2D eigenvalue weighted by Gasteiger charge is -2.13. The van der Waals surface area contributed by atoms with Crippen LogP contribution in [0.5, 0.6) is 5.75 Å². The molecule has 1 aliphatic rings. The fraction of sp³-hybridized carbons (Fsp3) is 0.455. The molecule has 0 amide bonds. The average Bonchev–Trinajstić information content (AvgIpc) is 2.69. The van der Waals surface area contributed by atoms with Crippen molar-refractivity contribution in [2.24, 2.45) is 0 Å². The Balaban J connectivity index is 1.92. The molecule has 1 aromatic rings. The second-order valence-corrected chi connectivity index (χ2v) is 5.00. The lowest BCUT2D eigenvalue weighted by Crippen LogP contribution is -2.28. The largest absolute Gasteiger partial charge is 0.490 e. The first-order valence-corrected chi connectivity index (χ1v) is 6.24. The summed E-state index contributed by atoms with van der Waals surface area (Å²) in [5.41, 5.74) is 0. The van der Waals surface area contributed by atoms with Crippen LogP contribution in [0.1, 0.15) is 12.8 Å². The number of hydrogen-bond donors (Lipinski definition) is 1. The zero-order valence-electron chi connectivity index (χ0n) is 8.30. The second-order valence-electron chi connectivity index (χ2n) is 3.68.